The summed E-state index contributed by atoms with van der Waals surface area (Å²) in [6, 6.07) is 24.1. The zero-order chi connectivity index (χ0) is 17.9. The van der Waals surface area contributed by atoms with Crippen molar-refractivity contribution < 1.29 is 4.42 Å². The molecule has 0 fully saturated rings. The van der Waals surface area contributed by atoms with Gasteiger partial charge in [0.1, 0.15) is 5.58 Å². The van der Waals surface area contributed by atoms with Gasteiger partial charge < -0.3 is 9.73 Å². The molecule has 0 radical (unpaired) electrons. The maximum atomic E-state index is 12.0. The lowest BCUT2D eigenvalue weighted by atomic mass is 10.00. The highest BCUT2D eigenvalue weighted by atomic mass is 16.4. The molecule has 1 aromatic heterocycles. The Bertz CT molecular complexity index is 1100. The number of fused-ring (bicyclic) bond motifs is 3. The molecule has 0 amide bonds. The van der Waals surface area contributed by atoms with Gasteiger partial charge in [-0.3, -0.25) is 0 Å². The Morgan fingerprint density at radius 2 is 1.73 bits per heavy atom. The number of hydrogen-bond acceptors (Lipinski definition) is 3. The van der Waals surface area contributed by atoms with Crippen molar-refractivity contribution in [1.82, 2.24) is 5.32 Å². The zero-order valence-corrected chi connectivity index (χ0v) is 14.7. The molecule has 1 N–H and O–H groups in total. The third-order valence-corrected chi connectivity index (χ3v) is 4.85. The van der Waals surface area contributed by atoms with Gasteiger partial charge in [-0.1, -0.05) is 67.6 Å². The summed E-state index contributed by atoms with van der Waals surface area (Å²) in [7, 11) is 0. The van der Waals surface area contributed by atoms with E-state index in [1.54, 1.807) is 6.07 Å². The topological polar surface area (TPSA) is 42.2 Å². The lowest BCUT2D eigenvalue weighted by Gasteiger charge is -2.14. The molecule has 0 saturated heterocycles. The molecule has 130 valence electrons. The zero-order valence-electron chi connectivity index (χ0n) is 14.7. The van der Waals surface area contributed by atoms with Crippen molar-refractivity contribution in [3.8, 4) is 0 Å². The lowest BCUT2D eigenvalue weighted by molar-refractivity contribution is 0.555. The predicted octanol–water partition coefficient (Wildman–Crippen LogP) is 4.84. The highest BCUT2D eigenvalue weighted by Crippen LogP contribution is 2.27. The van der Waals surface area contributed by atoms with E-state index in [1.807, 2.05) is 30.3 Å². The van der Waals surface area contributed by atoms with Crippen LogP contribution in [0, 0.1) is 0 Å². The van der Waals surface area contributed by atoms with Gasteiger partial charge in [-0.05, 0) is 33.9 Å². The van der Waals surface area contributed by atoms with Gasteiger partial charge >= 0.3 is 5.63 Å². The van der Waals surface area contributed by atoms with E-state index in [0.717, 1.165) is 28.3 Å². The lowest BCUT2D eigenvalue weighted by Crippen LogP contribution is -2.20. The Kier molecular flexibility index (Phi) is 4.55. The number of hydrogen-bond donors (Lipinski definition) is 1. The van der Waals surface area contributed by atoms with Gasteiger partial charge in [-0.15, -0.1) is 0 Å². The highest BCUT2D eigenvalue weighted by Gasteiger charge is 2.10. The fourth-order valence-electron chi connectivity index (χ4n) is 3.48. The van der Waals surface area contributed by atoms with Crippen LogP contribution in [0.25, 0.3) is 21.7 Å². The number of benzene rings is 3. The van der Waals surface area contributed by atoms with Crippen LogP contribution in [0.2, 0.25) is 0 Å². The van der Waals surface area contributed by atoms with Gasteiger partial charge in [0, 0.05) is 24.5 Å². The fourth-order valence-corrected chi connectivity index (χ4v) is 3.48. The summed E-state index contributed by atoms with van der Waals surface area (Å²) in [4.78, 5) is 12.0. The van der Waals surface area contributed by atoms with Crippen LogP contribution in [-0.2, 0) is 6.54 Å². The van der Waals surface area contributed by atoms with Crippen molar-refractivity contribution in [3.05, 3.63) is 94.3 Å². The van der Waals surface area contributed by atoms with Crippen LogP contribution in [0.5, 0.6) is 0 Å². The van der Waals surface area contributed by atoms with Gasteiger partial charge in [0.05, 0.1) is 0 Å². The minimum absolute atomic E-state index is 0.305. The second-order valence-electron chi connectivity index (χ2n) is 6.69. The molecule has 0 saturated carbocycles. The first-order chi connectivity index (χ1) is 12.7. The molecule has 3 nitrogen and oxygen atoms in total. The molecule has 0 bridgehead atoms. The smallest absolute Gasteiger partial charge is 0.336 e. The molecule has 0 spiro atoms. The summed E-state index contributed by atoms with van der Waals surface area (Å²) in [6.45, 7) is 3.68. The fraction of sp³-hybridized carbons (Fsp3) is 0.174. The van der Waals surface area contributed by atoms with Crippen LogP contribution in [0.1, 0.15) is 24.0 Å². The van der Waals surface area contributed by atoms with E-state index in [0.29, 0.717) is 18.0 Å². The van der Waals surface area contributed by atoms with Crippen LogP contribution in [0.4, 0.5) is 0 Å². The monoisotopic (exact) mass is 343 g/mol. The normalized spacial score (nSPS) is 12.5. The van der Waals surface area contributed by atoms with Gasteiger partial charge in [0.2, 0.25) is 0 Å². The minimum atomic E-state index is -0.305. The molecule has 26 heavy (non-hydrogen) atoms. The van der Waals surface area contributed by atoms with Crippen LogP contribution in [0.3, 0.4) is 0 Å². The second kappa shape index (κ2) is 7.14. The van der Waals surface area contributed by atoms with Gasteiger partial charge in [-0.2, -0.15) is 0 Å². The van der Waals surface area contributed by atoms with E-state index in [1.165, 1.54) is 5.56 Å². The van der Waals surface area contributed by atoms with Gasteiger partial charge in [0.15, 0.2) is 0 Å². The van der Waals surface area contributed by atoms with Gasteiger partial charge in [0.25, 0.3) is 0 Å². The quantitative estimate of drug-likeness (QED) is 0.416. The van der Waals surface area contributed by atoms with Crippen molar-refractivity contribution in [2.45, 2.75) is 19.4 Å². The Morgan fingerprint density at radius 1 is 0.962 bits per heavy atom. The van der Waals surface area contributed by atoms with Crippen LogP contribution in [0.15, 0.2) is 82.0 Å². The Morgan fingerprint density at radius 3 is 2.58 bits per heavy atom. The molecule has 0 aliphatic heterocycles. The summed E-state index contributed by atoms with van der Waals surface area (Å²) in [6.07, 6.45) is 0. The summed E-state index contributed by atoms with van der Waals surface area (Å²) in [5.41, 5.74) is 2.63. The Hall–Kier alpha value is -2.91. The maximum absolute atomic E-state index is 12.0. The predicted molar refractivity (Wildman–Crippen MR) is 107 cm³/mol. The largest absolute Gasteiger partial charge is 0.423 e. The standard InChI is InChI=1S/C23H21NO2/c1-16(17-7-3-2-4-8-17)14-24-15-19-13-22(25)26-21-12-11-18-9-5-6-10-20(18)23(19)21/h2-13,16,24H,14-15H2,1H3/t16-/m0/s1. The number of nitrogens with one attached hydrogen (secondary N) is 1. The Labute approximate surface area is 152 Å². The maximum Gasteiger partial charge on any atom is 0.336 e. The summed E-state index contributed by atoms with van der Waals surface area (Å²) >= 11 is 0. The molecular formula is C23H21NO2. The van der Waals surface area contributed by atoms with E-state index in [2.05, 4.69) is 48.6 Å². The number of rotatable bonds is 5. The SMILES string of the molecule is C[C@@H](CNCc1cc(=O)oc2ccc3ccccc3c12)c1ccccc1. The van der Waals surface area contributed by atoms with Crippen molar-refractivity contribution in [2.75, 3.05) is 6.54 Å². The van der Waals surface area contributed by atoms with Crippen molar-refractivity contribution in [1.29, 1.82) is 0 Å². The second-order valence-corrected chi connectivity index (χ2v) is 6.69. The molecule has 1 atom stereocenters. The first-order valence-corrected chi connectivity index (χ1v) is 8.92. The molecule has 4 aromatic rings. The molecule has 0 aliphatic rings. The molecule has 3 heteroatoms. The molecule has 3 aromatic carbocycles. The Balaban J connectivity index is 1.63. The first-order valence-electron chi connectivity index (χ1n) is 8.92. The minimum Gasteiger partial charge on any atom is -0.423 e. The van der Waals surface area contributed by atoms with E-state index in [4.69, 9.17) is 4.42 Å². The first kappa shape index (κ1) is 16.6. The van der Waals surface area contributed by atoms with Gasteiger partial charge in [-0.25, -0.2) is 4.79 Å². The van der Waals surface area contributed by atoms with E-state index >= 15 is 0 Å². The van der Waals surface area contributed by atoms with Crippen molar-refractivity contribution in [2.24, 2.45) is 0 Å². The van der Waals surface area contributed by atoms with Crippen LogP contribution >= 0.6 is 0 Å². The van der Waals surface area contributed by atoms with E-state index < -0.39 is 0 Å². The third kappa shape index (κ3) is 3.26. The van der Waals surface area contributed by atoms with Crippen molar-refractivity contribution in [3.63, 3.8) is 0 Å². The molecular weight excluding hydrogens is 322 g/mol. The summed E-state index contributed by atoms with van der Waals surface area (Å²) in [5, 5.41) is 6.78. The van der Waals surface area contributed by atoms with E-state index in [9.17, 15) is 4.79 Å². The third-order valence-electron chi connectivity index (χ3n) is 4.85. The summed E-state index contributed by atoms with van der Waals surface area (Å²) < 4.78 is 5.42. The van der Waals surface area contributed by atoms with E-state index in [-0.39, 0.29) is 5.63 Å². The van der Waals surface area contributed by atoms with Crippen LogP contribution < -0.4 is 10.9 Å². The molecule has 4 rings (SSSR count). The molecule has 0 unspecified atom stereocenters. The highest BCUT2D eigenvalue weighted by molar-refractivity contribution is 6.07. The average molecular weight is 343 g/mol. The van der Waals surface area contributed by atoms with Crippen molar-refractivity contribution >= 4 is 21.7 Å². The summed E-state index contributed by atoms with van der Waals surface area (Å²) in [5.74, 6) is 0.402. The molecule has 0 aliphatic carbocycles. The van der Waals surface area contributed by atoms with Crippen LogP contribution in [-0.4, -0.2) is 6.54 Å². The average Bonchev–Trinajstić information content (AvgIpc) is 2.68. The molecule has 1 heterocycles.